The molecular weight excluding hydrogens is 108 g/mol. The molecule has 0 amide bonds. The summed E-state index contributed by atoms with van der Waals surface area (Å²) in [5.74, 6) is -1.72. The van der Waals surface area contributed by atoms with Gasteiger partial charge in [-0.3, -0.25) is 0 Å². The highest BCUT2D eigenvalue weighted by Crippen LogP contribution is 2.20. The van der Waals surface area contributed by atoms with Gasteiger partial charge < -0.3 is 14.9 Å². The molecule has 1 unspecified atom stereocenters. The van der Waals surface area contributed by atoms with Crippen molar-refractivity contribution in [3.63, 3.8) is 0 Å². The molecule has 0 radical (unpaired) electrons. The molecule has 1 rings (SSSR count). The van der Waals surface area contributed by atoms with Crippen molar-refractivity contribution in [3.8, 4) is 0 Å². The molecule has 0 aromatic heterocycles. The van der Waals surface area contributed by atoms with Gasteiger partial charge in [0.1, 0.15) is 6.61 Å². The zero-order chi connectivity index (χ0) is 6.20. The van der Waals surface area contributed by atoms with Crippen molar-refractivity contribution in [2.45, 2.75) is 12.7 Å². The van der Waals surface area contributed by atoms with Crippen LogP contribution in [0.1, 0.15) is 6.92 Å². The van der Waals surface area contributed by atoms with Gasteiger partial charge in [-0.1, -0.05) is 6.92 Å². The highest BCUT2D eigenvalue weighted by molar-refractivity contribution is 4.76. The summed E-state index contributed by atoms with van der Waals surface area (Å²) in [7, 11) is 0. The largest absolute Gasteiger partial charge is 0.375 e. The molecule has 0 bridgehead atoms. The Morgan fingerprint density at radius 2 is 2.25 bits per heavy atom. The molecule has 1 fully saturated rings. The third-order valence-corrected chi connectivity index (χ3v) is 1.47. The quantitative estimate of drug-likeness (QED) is 0.415. The van der Waals surface area contributed by atoms with Crippen LogP contribution in [0, 0.1) is 5.92 Å². The van der Waals surface area contributed by atoms with Crippen LogP contribution in [0.5, 0.6) is 0 Å². The first-order chi connectivity index (χ1) is 3.63. The van der Waals surface area contributed by atoms with E-state index in [0.717, 1.165) is 0 Å². The molecule has 1 saturated heterocycles. The Hall–Kier alpha value is -0.120. The summed E-state index contributed by atoms with van der Waals surface area (Å²) in [6, 6.07) is 0. The van der Waals surface area contributed by atoms with Crippen LogP contribution in [0.25, 0.3) is 0 Å². The van der Waals surface area contributed by atoms with Gasteiger partial charge in [0.2, 0.25) is 0 Å². The van der Waals surface area contributed by atoms with E-state index in [9.17, 15) is 0 Å². The molecular formula is C5H10O3. The summed E-state index contributed by atoms with van der Waals surface area (Å²) in [4.78, 5) is 0. The predicted molar refractivity (Wildman–Crippen MR) is 27.2 cm³/mol. The van der Waals surface area contributed by atoms with Gasteiger partial charge in [0.15, 0.2) is 5.79 Å². The summed E-state index contributed by atoms with van der Waals surface area (Å²) >= 11 is 0. The van der Waals surface area contributed by atoms with Crippen LogP contribution >= 0.6 is 0 Å². The average Bonchev–Trinajstić information content (AvgIpc) is 1.86. The Morgan fingerprint density at radius 3 is 2.38 bits per heavy atom. The Kier molecular flexibility index (Phi) is 1.27. The van der Waals surface area contributed by atoms with Gasteiger partial charge in [0.05, 0.1) is 6.61 Å². The minimum atomic E-state index is -1.57. The van der Waals surface area contributed by atoms with Gasteiger partial charge in [-0.15, -0.1) is 0 Å². The molecule has 0 saturated carbocycles. The van der Waals surface area contributed by atoms with E-state index < -0.39 is 5.79 Å². The van der Waals surface area contributed by atoms with Crippen LogP contribution in [0.2, 0.25) is 0 Å². The number of hydrogen-bond acceptors (Lipinski definition) is 3. The first kappa shape index (κ1) is 6.01. The van der Waals surface area contributed by atoms with Gasteiger partial charge >= 0.3 is 0 Å². The monoisotopic (exact) mass is 118 g/mol. The summed E-state index contributed by atoms with van der Waals surface area (Å²) < 4.78 is 4.77. The fourth-order valence-electron chi connectivity index (χ4n) is 0.662. The molecule has 3 heteroatoms. The van der Waals surface area contributed by atoms with Gasteiger partial charge in [-0.2, -0.15) is 0 Å². The van der Waals surface area contributed by atoms with Gasteiger partial charge in [-0.25, -0.2) is 0 Å². The summed E-state index contributed by atoms with van der Waals surface area (Å²) in [6.45, 7) is 2.24. The van der Waals surface area contributed by atoms with Gasteiger partial charge in [0, 0.05) is 5.92 Å². The lowest BCUT2D eigenvalue weighted by atomic mass is 10.1. The molecule has 0 aromatic rings. The second kappa shape index (κ2) is 1.69. The topological polar surface area (TPSA) is 49.7 Å². The Labute approximate surface area is 47.9 Å². The maximum Gasteiger partial charge on any atom is 0.191 e. The van der Waals surface area contributed by atoms with E-state index in [4.69, 9.17) is 14.9 Å². The van der Waals surface area contributed by atoms with Crippen LogP contribution in [0.3, 0.4) is 0 Å². The van der Waals surface area contributed by atoms with E-state index in [2.05, 4.69) is 0 Å². The van der Waals surface area contributed by atoms with E-state index >= 15 is 0 Å². The van der Waals surface area contributed by atoms with E-state index in [1.165, 1.54) is 0 Å². The van der Waals surface area contributed by atoms with Crippen LogP contribution in [-0.4, -0.2) is 29.2 Å². The van der Waals surface area contributed by atoms with Crippen molar-refractivity contribution in [1.29, 1.82) is 0 Å². The van der Waals surface area contributed by atoms with Crippen LogP contribution in [0.15, 0.2) is 0 Å². The van der Waals surface area contributed by atoms with Gasteiger partial charge in [-0.05, 0) is 0 Å². The van der Waals surface area contributed by atoms with Crippen LogP contribution in [0.4, 0.5) is 0 Å². The second-order valence-corrected chi connectivity index (χ2v) is 2.29. The molecule has 0 spiro atoms. The normalized spacial score (nSPS) is 35.6. The molecule has 48 valence electrons. The van der Waals surface area contributed by atoms with Crippen molar-refractivity contribution >= 4 is 0 Å². The fourth-order valence-corrected chi connectivity index (χ4v) is 0.662. The first-order valence-corrected chi connectivity index (χ1v) is 2.65. The lowest BCUT2D eigenvalue weighted by molar-refractivity contribution is -0.178. The number of aliphatic hydroxyl groups is 2. The molecule has 0 aromatic carbocycles. The van der Waals surface area contributed by atoms with Crippen molar-refractivity contribution in [2.75, 3.05) is 13.2 Å². The highest BCUT2D eigenvalue weighted by atomic mass is 16.6. The van der Waals surface area contributed by atoms with Gasteiger partial charge in [0.25, 0.3) is 0 Å². The lowest BCUT2D eigenvalue weighted by Crippen LogP contribution is -2.34. The standard InChI is InChI=1S/C5H10O3/c1-4-2-8-3-5(4,6)7/h4,6-7H,2-3H2,1H3. The highest BCUT2D eigenvalue weighted by Gasteiger charge is 2.36. The average molecular weight is 118 g/mol. The summed E-state index contributed by atoms with van der Waals surface area (Å²) in [5.41, 5.74) is 0. The molecule has 8 heavy (non-hydrogen) atoms. The van der Waals surface area contributed by atoms with E-state index in [1.54, 1.807) is 6.92 Å². The summed E-state index contributed by atoms with van der Waals surface area (Å²) in [5, 5.41) is 17.8. The van der Waals surface area contributed by atoms with Crippen molar-refractivity contribution < 1.29 is 14.9 Å². The molecule has 1 aliphatic rings. The zero-order valence-electron chi connectivity index (χ0n) is 4.79. The van der Waals surface area contributed by atoms with Crippen molar-refractivity contribution in [3.05, 3.63) is 0 Å². The third-order valence-electron chi connectivity index (χ3n) is 1.47. The number of hydrogen-bond donors (Lipinski definition) is 2. The molecule has 1 heterocycles. The lowest BCUT2D eigenvalue weighted by Gasteiger charge is -2.16. The summed E-state index contributed by atoms with van der Waals surface area (Å²) in [6.07, 6.45) is 0. The maximum atomic E-state index is 8.89. The predicted octanol–water partition coefficient (Wildman–Crippen LogP) is -0.666. The molecule has 1 atom stereocenters. The molecule has 3 nitrogen and oxygen atoms in total. The molecule has 2 N–H and O–H groups in total. The van der Waals surface area contributed by atoms with Crippen LogP contribution in [-0.2, 0) is 4.74 Å². The Balaban J connectivity index is 2.54. The minimum Gasteiger partial charge on any atom is -0.375 e. The zero-order valence-corrected chi connectivity index (χ0v) is 4.79. The van der Waals surface area contributed by atoms with E-state index in [-0.39, 0.29) is 12.5 Å². The molecule has 1 aliphatic heterocycles. The number of rotatable bonds is 0. The fraction of sp³-hybridized carbons (Fsp3) is 1.00. The second-order valence-electron chi connectivity index (χ2n) is 2.29. The SMILES string of the molecule is CC1COCC1(O)O. The van der Waals surface area contributed by atoms with Crippen LogP contribution < -0.4 is 0 Å². The molecule has 0 aliphatic carbocycles. The third kappa shape index (κ3) is 0.844. The first-order valence-electron chi connectivity index (χ1n) is 2.65. The van der Waals surface area contributed by atoms with Crippen molar-refractivity contribution in [1.82, 2.24) is 0 Å². The smallest absolute Gasteiger partial charge is 0.191 e. The minimum absolute atomic E-state index is 0.0498. The van der Waals surface area contributed by atoms with E-state index in [0.29, 0.717) is 6.61 Å². The van der Waals surface area contributed by atoms with E-state index in [1.807, 2.05) is 0 Å². The van der Waals surface area contributed by atoms with Crippen molar-refractivity contribution in [2.24, 2.45) is 5.92 Å². The number of ether oxygens (including phenoxy) is 1. The maximum absolute atomic E-state index is 8.89. The Morgan fingerprint density at radius 1 is 1.62 bits per heavy atom. The Bertz CT molecular complexity index is 89.7.